The first-order chi connectivity index (χ1) is 9.36. The fourth-order valence-electron chi connectivity index (χ4n) is 1.92. The summed E-state index contributed by atoms with van der Waals surface area (Å²) in [6.45, 7) is 0.934. The zero-order valence-electron chi connectivity index (χ0n) is 10.3. The Morgan fingerprint density at radius 3 is 3.11 bits per heavy atom. The Morgan fingerprint density at radius 1 is 1.37 bits per heavy atom. The van der Waals surface area contributed by atoms with E-state index in [-0.39, 0.29) is 0 Å². The lowest BCUT2D eigenvalue weighted by molar-refractivity contribution is 0.992. The number of hydrazine groups is 1. The minimum Gasteiger partial charge on any atom is -0.368 e. The van der Waals surface area contributed by atoms with E-state index in [1.54, 1.807) is 11.3 Å². The molecule has 2 aromatic rings. The Balaban J connectivity index is 1.77. The van der Waals surface area contributed by atoms with Crippen LogP contribution in [0.15, 0.2) is 11.4 Å². The molecule has 1 atom stereocenters. The molecule has 0 spiro atoms. The topological polar surface area (TPSA) is 75.9 Å². The molecule has 3 heterocycles. The molecule has 2 aromatic heterocycles. The number of thioether (sulfide) groups is 2. The predicted molar refractivity (Wildman–Crippen MR) is 87.3 cm³/mol. The first-order valence-electron chi connectivity index (χ1n) is 6.02. The van der Waals surface area contributed by atoms with Gasteiger partial charge in [0.15, 0.2) is 0 Å². The van der Waals surface area contributed by atoms with Gasteiger partial charge < -0.3 is 5.32 Å². The number of nitrogen functional groups attached to an aromatic ring is 1. The summed E-state index contributed by atoms with van der Waals surface area (Å²) in [5.74, 6) is 10.5. The molecule has 102 valence electrons. The first kappa shape index (κ1) is 13.3. The minimum absolute atomic E-state index is 0.461. The van der Waals surface area contributed by atoms with E-state index in [1.165, 1.54) is 17.3 Å². The second kappa shape index (κ2) is 6.17. The Kier molecular flexibility index (Phi) is 4.31. The molecule has 0 saturated carbocycles. The molecule has 1 saturated heterocycles. The van der Waals surface area contributed by atoms with E-state index in [0.717, 1.165) is 22.6 Å². The molecule has 1 fully saturated rings. The van der Waals surface area contributed by atoms with Gasteiger partial charge in [-0.15, -0.1) is 11.3 Å². The van der Waals surface area contributed by atoms with Gasteiger partial charge in [-0.1, -0.05) is 0 Å². The highest BCUT2D eigenvalue weighted by molar-refractivity contribution is 8.06. The molecular formula is C11H15N5S3. The molecule has 5 nitrogen and oxygen atoms in total. The fourth-order valence-corrected chi connectivity index (χ4v) is 5.30. The highest BCUT2D eigenvalue weighted by atomic mass is 32.2. The predicted octanol–water partition coefficient (Wildman–Crippen LogP) is 2.24. The van der Waals surface area contributed by atoms with E-state index >= 15 is 0 Å². The lowest BCUT2D eigenvalue weighted by atomic mass is 10.3. The van der Waals surface area contributed by atoms with Crippen LogP contribution in [0.4, 0.5) is 11.8 Å². The highest BCUT2D eigenvalue weighted by Crippen LogP contribution is 2.28. The Hall–Kier alpha value is -0.700. The number of anilines is 2. The molecule has 3 rings (SSSR count). The Labute approximate surface area is 124 Å². The molecule has 0 amide bonds. The Morgan fingerprint density at radius 2 is 2.32 bits per heavy atom. The quantitative estimate of drug-likeness (QED) is 0.590. The molecule has 1 aliphatic rings. The summed E-state index contributed by atoms with van der Waals surface area (Å²) in [5.41, 5.74) is 2.52. The second-order valence-corrected chi connectivity index (χ2v) is 7.58. The largest absolute Gasteiger partial charge is 0.368 e. The average molecular weight is 313 g/mol. The summed E-state index contributed by atoms with van der Waals surface area (Å²) in [6.07, 6.45) is 0. The summed E-state index contributed by atoms with van der Waals surface area (Å²) in [6, 6.07) is 2.05. The van der Waals surface area contributed by atoms with Crippen molar-refractivity contribution in [1.29, 1.82) is 0 Å². The first-order valence-corrected chi connectivity index (χ1v) is 9.10. The molecule has 8 heteroatoms. The van der Waals surface area contributed by atoms with Gasteiger partial charge in [-0.3, -0.25) is 5.43 Å². The van der Waals surface area contributed by atoms with Gasteiger partial charge in [0, 0.05) is 29.1 Å². The molecule has 4 N–H and O–H groups in total. The van der Waals surface area contributed by atoms with Crippen molar-refractivity contribution in [2.45, 2.75) is 5.25 Å². The van der Waals surface area contributed by atoms with Crippen molar-refractivity contribution in [3.05, 3.63) is 11.4 Å². The molecule has 0 aromatic carbocycles. The number of fused-ring (bicyclic) bond motifs is 1. The molecule has 0 aliphatic carbocycles. The van der Waals surface area contributed by atoms with Crippen molar-refractivity contribution in [2.75, 3.05) is 34.5 Å². The van der Waals surface area contributed by atoms with Crippen LogP contribution < -0.4 is 16.6 Å². The Bertz CT molecular complexity index is 552. The van der Waals surface area contributed by atoms with Gasteiger partial charge in [-0.05, 0) is 11.4 Å². The van der Waals surface area contributed by atoms with E-state index in [4.69, 9.17) is 5.84 Å². The number of thiophene rings is 1. The van der Waals surface area contributed by atoms with Gasteiger partial charge in [0.25, 0.3) is 0 Å². The van der Waals surface area contributed by atoms with Crippen LogP contribution in [0.5, 0.6) is 0 Å². The monoisotopic (exact) mass is 313 g/mol. The average Bonchev–Trinajstić information content (AvgIpc) is 2.94. The number of hydrogen-bond acceptors (Lipinski definition) is 8. The van der Waals surface area contributed by atoms with E-state index < -0.39 is 0 Å². The molecule has 1 aliphatic heterocycles. The van der Waals surface area contributed by atoms with Crippen LogP contribution in [0.3, 0.4) is 0 Å². The van der Waals surface area contributed by atoms with Gasteiger partial charge in [0.1, 0.15) is 10.6 Å². The van der Waals surface area contributed by atoms with Crippen LogP contribution in [-0.2, 0) is 0 Å². The van der Waals surface area contributed by atoms with Crippen LogP contribution in [0.25, 0.3) is 10.2 Å². The van der Waals surface area contributed by atoms with Crippen LogP contribution in [0.2, 0.25) is 0 Å². The molecule has 0 bridgehead atoms. The third-order valence-electron chi connectivity index (χ3n) is 2.84. The summed E-state index contributed by atoms with van der Waals surface area (Å²) in [4.78, 5) is 9.69. The summed E-state index contributed by atoms with van der Waals surface area (Å²) in [5, 5.41) is 7.18. The van der Waals surface area contributed by atoms with E-state index in [1.807, 2.05) is 35.0 Å². The molecule has 0 radical (unpaired) electrons. The van der Waals surface area contributed by atoms with Crippen LogP contribution in [0.1, 0.15) is 0 Å². The van der Waals surface area contributed by atoms with Gasteiger partial charge >= 0.3 is 0 Å². The number of rotatable bonds is 4. The van der Waals surface area contributed by atoms with Gasteiger partial charge in [0.2, 0.25) is 5.95 Å². The number of nitrogens with zero attached hydrogens (tertiary/aromatic N) is 2. The lowest BCUT2D eigenvalue weighted by Gasteiger charge is -2.21. The zero-order valence-corrected chi connectivity index (χ0v) is 12.7. The zero-order chi connectivity index (χ0) is 13.1. The van der Waals surface area contributed by atoms with Crippen molar-refractivity contribution in [2.24, 2.45) is 5.84 Å². The van der Waals surface area contributed by atoms with Crippen LogP contribution in [-0.4, -0.2) is 39.0 Å². The van der Waals surface area contributed by atoms with Gasteiger partial charge in [0.05, 0.1) is 5.39 Å². The third kappa shape index (κ3) is 3.07. The van der Waals surface area contributed by atoms with E-state index in [0.29, 0.717) is 11.2 Å². The summed E-state index contributed by atoms with van der Waals surface area (Å²) < 4.78 is 0. The van der Waals surface area contributed by atoms with Crippen molar-refractivity contribution in [3.63, 3.8) is 0 Å². The maximum Gasteiger partial charge on any atom is 0.240 e. The standard InChI is InChI=1S/C11H15N5S3/c12-16-11-14-9(8-1-2-19-10(8)15-11)13-5-7-6-17-3-4-18-7/h1-2,7H,3-6,12H2,(H2,13,14,15,16). The van der Waals surface area contributed by atoms with E-state index in [2.05, 4.69) is 20.7 Å². The smallest absolute Gasteiger partial charge is 0.240 e. The molecule has 19 heavy (non-hydrogen) atoms. The van der Waals surface area contributed by atoms with Crippen LogP contribution >= 0.6 is 34.9 Å². The SMILES string of the molecule is NNc1nc(NCC2CSCCS2)c2ccsc2n1. The normalized spacial score (nSPS) is 19.5. The second-order valence-electron chi connectivity index (χ2n) is 4.13. The minimum atomic E-state index is 0.461. The summed E-state index contributed by atoms with van der Waals surface area (Å²) in [7, 11) is 0. The van der Waals surface area contributed by atoms with Gasteiger partial charge in [-0.25, -0.2) is 10.8 Å². The molecule has 1 unspecified atom stereocenters. The van der Waals surface area contributed by atoms with Gasteiger partial charge in [-0.2, -0.15) is 28.5 Å². The van der Waals surface area contributed by atoms with Crippen molar-refractivity contribution in [1.82, 2.24) is 9.97 Å². The van der Waals surface area contributed by atoms with Crippen molar-refractivity contribution >= 4 is 56.8 Å². The van der Waals surface area contributed by atoms with Crippen molar-refractivity contribution < 1.29 is 0 Å². The third-order valence-corrected chi connectivity index (χ3v) is 6.49. The number of aromatic nitrogens is 2. The van der Waals surface area contributed by atoms with E-state index in [9.17, 15) is 0 Å². The maximum absolute atomic E-state index is 5.41. The number of nitrogens with one attached hydrogen (secondary N) is 2. The fraction of sp³-hybridized carbons (Fsp3) is 0.455. The summed E-state index contributed by atoms with van der Waals surface area (Å²) >= 11 is 5.66. The lowest BCUT2D eigenvalue weighted by Crippen LogP contribution is -2.24. The molecular weight excluding hydrogens is 298 g/mol. The number of nitrogens with two attached hydrogens (primary N) is 1. The van der Waals surface area contributed by atoms with Crippen molar-refractivity contribution in [3.8, 4) is 0 Å². The van der Waals surface area contributed by atoms with Crippen LogP contribution in [0, 0.1) is 0 Å². The highest BCUT2D eigenvalue weighted by Gasteiger charge is 2.15. The number of hydrogen-bond donors (Lipinski definition) is 3. The maximum atomic E-state index is 5.41.